The Bertz CT molecular complexity index is 846. The molecule has 2 heterocycles. The molecule has 2 N–H and O–H groups in total. The highest BCUT2D eigenvalue weighted by Gasteiger charge is 2.31. The largest absolute Gasteiger partial charge is 0.485 e. The number of thiophene rings is 1. The smallest absolute Gasteiger partial charge is 0.269 e. The summed E-state index contributed by atoms with van der Waals surface area (Å²) in [5.74, 6) is 0.710. The Kier molecular flexibility index (Phi) is 4.09. The van der Waals surface area contributed by atoms with Crippen LogP contribution in [0.2, 0.25) is 0 Å². The molecule has 1 atom stereocenters. The molecule has 1 aliphatic carbocycles. The molecule has 0 bridgehead atoms. The van der Waals surface area contributed by atoms with Crippen molar-refractivity contribution in [3.63, 3.8) is 0 Å². The Balaban J connectivity index is 1.55. The molecule has 130 valence electrons. The number of hydrogen-bond donors (Lipinski definition) is 2. The van der Waals surface area contributed by atoms with E-state index >= 15 is 0 Å². The van der Waals surface area contributed by atoms with Crippen molar-refractivity contribution in [1.82, 2.24) is 5.32 Å². The maximum atomic E-state index is 12.6. The summed E-state index contributed by atoms with van der Waals surface area (Å²) >= 11 is 1.48. The second-order valence-corrected chi connectivity index (χ2v) is 7.10. The number of hydrogen-bond acceptors (Lipinski definition) is 5. The van der Waals surface area contributed by atoms with Crippen molar-refractivity contribution in [2.45, 2.75) is 25.4 Å². The van der Waals surface area contributed by atoms with E-state index in [2.05, 4.69) is 10.6 Å². The predicted molar refractivity (Wildman–Crippen MR) is 94.7 cm³/mol. The van der Waals surface area contributed by atoms with Gasteiger partial charge in [-0.15, -0.1) is 11.3 Å². The van der Waals surface area contributed by atoms with Gasteiger partial charge in [0.25, 0.3) is 11.8 Å². The van der Waals surface area contributed by atoms with Crippen LogP contribution in [-0.2, 0) is 17.6 Å². The van der Waals surface area contributed by atoms with E-state index in [1.807, 2.05) is 12.1 Å². The lowest BCUT2D eigenvalue weighted by molar-refractivity contribution is -0.125. The maximum Gasteiger partial charge on any atom is 0.269 e. The zero-order chi connectivity index (χ0) is 17.4. The second kappa shape index (κ2) is 6.40. The number of nitrogens with one attached hydrogen (secondary N) is 2. The summed E-state index contributed by atoms with van der Waals surface area (Å²) in [4.78, 5) is 26.1. The van der Waals surface area contributed by atoms with Gasteiger partial charge in [0, 0.05) is 11.9 Å². The number of para-hydroxylation sites is 2. The van der Waals surface area contributed by atoms with Crippen LogP contribution in [0.3, 0.4) is 0 Å². The van der Waals surface area contributed by atoms with E-state index in [9.17, 15) is 9.59 Å². The van der Waals surface area contributed by atoms with Gasteiger partial charge < -0.3 is 20.1 Å². The van der Waals surface area contributed by atoms with Gasteiger partial charge in [0.15, 0.2) is 11.5 Å². The summed E-state index contributed by atoms with van der Waals surface area (Å²) < 4.78 is 11.3. The number of fused-ring (bicyclic) bond motifs is 2. The minimum atomic E-state index is -0.746. The average Bonchev–Trinajstić information content (AvgIpc) is 3.21. The van der Waals surface area contributed by atoms with Crippen LogP contribution in [-0.4, -0.2) is 31.6 Å². The average molecular weight is 358 g/mol. The van der Waals surface area contributed by atoms with E-state index in [1.54, 1.807) is 19.2 Å². The van der Waals surface area contributed by atoms with Crippen LogP contribution in [0.1, 0.15) is 27.2 Å². The van der Waals surface area contributed by atoms with E-state index in [1.165, 1.54) is 16.2 Å². The van der Waals surface area contributed by atoms with E-state index < -0.39 is 6.10 Å². The van der Waals surface area contributed by atoms with Crippen molar-refractivity contribution >= 4 is 28.2 Å². The van der Waals surface area contributed by atoms with Crippen molar-refractivity contribution in [2.75, 3.05) is 19.0 Å². The van der Waals surface area contributed by atoms with E-state index in [-0.39, 0.29) is 18.4 Å². The van der Waals surface area contributed by atoms with E-state index in [0.717, 1.165) is 24.8 Å². The lowest BCUT2D eigenvalue weighted by Gasteiger charge is -2.25. The Morgan fingerprint density at radius 3 is 2.80 bits per heavy atom. The molecule has 7 heteroatoms. The van der Waals surface area contributed by atoms with Crippen molar-refractivity contribution in [1.29, 1.82) is 0 Å². The van der Waals surface area contributed by atoms with Crippen LogP contribution >= 0.6 is 11.3 Å². The van der Waals surface area contributed by atoms with Crippen LogP contribution in [0.5, 0.6) is 11.5 Å². The molecule has 6 nitrogen and oxygen atoms in total. The summed E-state index contributed by atoms with van der Waals surface area (Å²) in [5.41, 5.74) is 1.65. The molecular formula is C18H18N2O4S. The predicted octanol–water partition coefficient (Wildman–Crippen LogP) is 2.37. The van der Waals surface area contributed by atoms with Gasteiger partial charge in [0.2, 0.25) is 6.10 Å². The molecule has 2 aliphatic rings. The molecular weight excluding hydrogens is 340 g/mol. The molecule has 0 saturated heterocycles. The Morgan fingerprint density at radius 2 is 2.00 bits per heavy atom. The molecule has 1 unspecified atom stereocenters. The van der Waals surface area contributed by atoms with Gasteiger partial charge in [0.05, 0.1) is 5.56 Å². The molecule has 1 aliphatic heterocycles. The molecule has 25 heavy (non-hydrogen) atoms. The normalized spacial score (nSPS) is 17.7. The van der Waals surface area contributed by atoms with Crippen molar-refractivity contribution in [2.24, 2.45) is 0 Å². The number of aryl methyl sites for hydroxylation is 1. The van der Waals surface area contributed by atoms with Gasteiger partial charge in [-0.3, -0.25) is 9.59 Å². The zero-order valence-electron chi connectivity index (χ0n) is 13.8. The zero-order valence-corrected chi connectivity index (χ0v) is 14.6. The lowest BCUT2D eigenvalue weighted by Crippen LogP contribution is -2.40. The van der Waals surface area contributed by atoms with Gasteiger partial charge in [-0.2, -0.15) is 0 Å². The third-order valence-electron chi connectivity index (χ3n) is 4.41. The SMILES string of the molecule is CNC(=O)c1c(NC(=O)C2COc3ccccc3O2)sc2c1CCC2. The number of anilines is 1. The van der Waals surface area contributed by atoms with E-state index in [0.29, 0.717) is 22.1 Å². The maximum absolute atomic E-state index is 12.6. The second-order valence-electron chi connectivity index (χ2n) is 5.99. The minimum absolute atomic E-state index is 0.142. The van der Waals surface area contributed by atoms with E-state index in [4.69, 9.17) is 9.47 Å². The van der Waals surface area contributed by atoms with Gasteiger partial charge >= 0.3 is 0 Å². The number of benzene rings is 1. The number of rotatable bonds is 3. The molecule has 1 aromatic carbocycles. The lowest BCUT2D eigenvalue weighted by atomic mass is 10.1. The molecule has 0 fully saturated rings. The minimum Gasteiger partial charge on any atom is -0.485 e. The molecule has 0 saturated carbocycles. The first-order chi connectivity index (χ1) is 12.2. The van der Waals surface area contributed by atoms with Crippen molar-refractivity contribution in [3.05, 3.63) is 40.3 Å². The Labute approximate surface area is 149 Å². The molecule has 4 rings (SSSR count). The van der Waals surface area contributed by atoms with Crippen LogP contribution in [0.4, 0.5) is 5.00 Å². The third kappa shape index (κ3) is 2.84. The first-order valence-electron chi connectivity index (χ1n) is 8.23. The van der Waals surface area contributed by atoms with Gasteiger partial charge in [-0.05, 0) is 37.0 Å². The van der Waals surface area contributed by atoms with Crippen LogP contribution in [0.25, 0.3) is 0 Å². The highest BCUT2D eigenvalue weighted by atomic mass is 32.1. The number of ether oxygens (including phenoxy) is 2. The topological polar surface area (TPSA) is 76.7 Å². The monoisotopic (exact) mass is 358 g/mol. The molecule has 0 radical (unpaired) electrons. The standard InChI is InChI=1S/C18H18N2O4S/c1-19-17(22)15-10-5-4-8-14(10)25-18(15)20-16(21)13-9-23-11-6-2-3-7-12(11)24-13/h2-3,6-7,13H,4-5,8-9H2,1H3,(H,19,22)(H,20,21). The fraction of sp³-hybridized carbons (Fsp3) is 0.333. The number of carbonyl (C=O) groups excluding carboxylic acids is 2. The molecule has 2 amide bonds. The first-order valence-corrected chi connectivity index (χ1v) is 9.05. The Morgan fingerprint density at radius 1 is 1.20 bits per heavy atom. The summed E-state index contributed by atoms with van der Waals surface area (Å²) in [6.45, 7) is 0.142. The van der Waals surface area contributed by atoms with Gasteiger partial charge in [0.1, 0.15) is 11.6 Å². The summed E-state index contributed by atoms with van der Waals surface area (Å²) in [5, 5.41) is 6.13. The highest BCUT2D eigenvalue weighted by Crippen LogP contribution is 2.39. The summed E-state index contributed by atoms with van der Waals surface area (Å²) in [6.07, 6.45) is 2.14. The summed E-state index contributed by atoms with van der Waals surface area (Å²) in [7, 11) is 1.60. The quantitative estimate of drug-likeness (QED) is 0.883. The fourth-order valence-corrected chi connectivity index (χ4v) is 4.49. The third-order valence-corrected chi connectivity index (χ3v) is 5.62. The summed E-state index contributed by atoms with van der Waals surface area (Å²) in [6, 6.07) is 7.25. The molecule has 0 spiro atoms. The highest BCUT2D eigenvalue weighted by molar-refractivity contribution is 7.17. The Hall–Kier alpha value is -2.54. The van der Waals surface area contributed by atoms with Crippen LogP contribution in [0, 0.1) is 0 Å². The van der Waals surface area contributed by atoms with Gasteiger partial charge in [-0.1, -0.05) is 12.1 Å². The molecule has 2 aromatic rings. The molecule has 1 aromatic heterocycles. The first kappa shape index (κ1) is 16.0. The van der Waals surface area contributed by atoms with Gasteiger partial charge in [-0.25, -0.2) is 0 Å². The van der Waals surface area contributed by atoms with Crippen LogP contribution in [0.15, 0.2) is 24.3 Å². The van der Waals surface area contributed by atoms with Crippen molar-refractivity contribution in [3.8, 4) is 11.5 Å². The van der Waals surface area contributed by atoms with Crippen LogP contribution < -0.4 is 20.1 Å². The fourth-order valence-electron chi connectivity index (χ4n) is 3.20. The number of amides is 2. The van der Waals surface area contributed by atoms with Crippen molar-refractivity contribution < 1.29 is 19.1 Å². The number of carbonyl (C=O) groups is 2.